The molecule has 90 valence electrons. The summed E-state index contributed by atoms with van der Waals surface area (Å²) in [5, 5.41) is 11.4. The van der Waals surface area contributed by atoms with E-state index in [-0.39, 0.29) is 0 Å². The third-order valence-corrected chi connectivity index (χ3v) is 1.94. The van der Waals surface area contributed by atoms with E-state index in [1.807, 2.05) is 0 Å². The molecule has 0 aliphatic carbocycles. The van der Waals surface area contributed by atoms with E-state index in [4.69, 9.17) is 28.3 Å². The van der Waals surface area contributed by atoms with Crippen molar-refractivity contribution in [1.29, 1.82) is 0 Å². The molecule has 1 aromatic carbocycles. The SMILES string of the molecule is ClCCNCCCl.O=C(O)c1ccccc1. The highest BCUT2D eigenvalue weighted by Gasteiger charge is 1.96. The number of carbonyl (C=O) groups is 1. The van der Waals surface area contributed by atoms with Crippen LogP contribution in [-0.4, -0.2) is 35.9 Å². The molecule has 0 saturated carbocycles. The molecule has 2 N–H and O–H groups in total. The number of hydrogen-bond acceptors (Lipinski definition) is 2. The smallest absolute Gasteiger partial charge is 0.335 e. The second-order valence-electron chi connectivity index (χ2n) is 2.80. The number of benzene rings is 1. The van der Waals surface area contributed by atoms with Crippen molar-refractivity contribution in [3.05, 3.63) is 35.9 Å². The van der Waals surface area contributed by atoms with Crippen LogP contribution in [0.5, 0.6) is 0 Å². The van der Waals surface area contributed by atoms with Gasteiger partial charge in [-0.3, -0.25) is 0 Å². The van der Waals surface area contributed by atoms with Gasteiger partial charge < -0.3 is 10.4 Å². The van der Waals surface area contributed by atoms with Crippen LogP contribution in [0, 0.1) is 0 Å². The van der Waals surface area contributed by atoms with Crippen LogP contribution < -0.4 is 5.32 Å². The molecule has 0 bridgehead atoms. The standard InChI is InChI=1S/C7H6O2.C4H9Cl2N/c8-7(9)6-4-2-1-3-5-6;5-1-3-7-4-2-6/h1-5H,(H,8,9);7H,1-4H2. The van der Waals surface area contributed by atoms with Gasteiger partial charge >= 0.3 is 5.97 Å². The first-order valence-corrected chi connectivity index (χ1v) is 5.90. The topological polar surface area (TPSA) is 49.3 Å². The summed E-state index contributed by atoms with van der Waals surface area (Å²) in [5.74, 6) is 0.448. The van der Waals surface area contributed by atoms with Crippen molar-refractivity contribution >= 4 is 29.2 Å². The lowest BCUT2D eigenvalue weighted by Crippen LogP contribution is -2.18. The zero-order valence-corrected chi connectivity index (χ0v) is 10.3. The van der Waals surface area contributed by atoms with Gasteiger partial charge in [0.15, 0.2) is 0 Å². The van der Waals surface area contributed by atoms with Crippen LogP contribution >= 0.6 is 23.2 Å². The molecular weight excluding hydrogens is 249 g/mol. The Morgan fingerprint density at radius 1 is 1.12 bits per heavy atom. The first-order chi connectivity index (χ1) is 7.72. The average Bonchev–Trinajstić information content (AvgIpc) is 2.32. The molecule has 1 rings (SSSR count). The molecule has 0 heterocycles. The van der Waals surface area contributed by atoms with Crippen molar-refractivity contribution in [3.63, 3.8) is 0 Å². The Hall–Kier alpha value is -0.770. The first-order valence-electron chi connectivity index (χ1n) is 4.83. The summed E-state index contributed by atoms with van der Waals surface area (Å²) in [5.41, 5.74) is 0.331. The van der Waals surface area contributed by atoms with Gasteiger partial charge in [0.05, 0.1) is 5.56 Å². The fourth-order valence-electron chi connectivity index (χ4n) is 0.839. The molecule has 0 fully saturated rings. The normalized spacial score (nSPS) is 9.12. The number of rotatable bonds is 5. The summed E-state index contributed by atoms with van der Waals surface area (Å²) >= 11 is 10.7. The molecule has 0 spiro atoms. The van der Waals surface area contributed by atoms with Crippen LogP contribution in [0.1, 0.15) is 10.4 Å². The van der Waals surface area contributed by atoms with Crippen molar-refractivity contribution in [3.8, 4) is 0 Å². The van der Waals surface area contributed by atoms with E-state index in [2.05, 4.69) is 5.32 Å². The molecule has 0 radical (unpaired) electrons. The summed E-state index contributed by atoms with van der Waals surface area (Å²) < 4.78 is 0. The number of aromatic carboxylic acids is 1. The highest BCUT2D eigenvalue weighted by atomic mass is 35.5. The van der Waals surface area contributed by atoms with Gasteiger partial charge in [0, 0.05) is 24.8 Å². The number of carboxylic acids is 1. The minimum absolute atomic E-state index is 0.331. The van der Waals surface area contributed by atoms with Gasteiger partial charge in [-0.15, -0.1) is 23.2 Å². The average molecular weight is 264 g/mol. The highest BCUT2D eigenvalue weighted by Crippen LogP contribution is 1.96. The van der Waals surface area contributed by atoms with Gasteiger partial charge in [-0.1, -0.05) is 18.2 Å². The van der Waals surface area contributed by atoms with E-state index in [9.17, 15) is 4.79 Å². The predicted octanol–water partition coefficient (Wildman–Crippen LogP) is 2.44. The highest BCUT2D eigenvalue weighted by molar-refractivity contribution is 6.18. The maximum absolute atomic E-state index is 10.2. The molecule has 0 atom stereocenters. The zero-order valence-electron chi connectivity index (χ0n) is 8.83. The van der Waals surface area contributed by atoms with Crippen LogP contribution in [0.3, 0.4) is 0 Å². The van der Waals surface area contributed by atoms with E-state index in [0.717, 1.165) is 13.1 Å². The van der Waals surface area contributed by atoms with Crippen LogP contribution in [-0.2, 0) is 0 Å². The van der Waals surface area contributed by atoms with Crippen molar-refractivity contribution in [1.82, 2.24) is 5.32 Å². The molecule has 5 heteroatoms. The number of halogens is 2. The minimum atomic E-state index is -0.879. The van der Waals surface area contributed by atoms with Crippen LogP contribution in [0.25, 0.3) is 0 Å². The van der Waals surface area contributed by atoms with Gasteiger partial charge in [-0.25, -0.2) is 4.79 Å². The summed E-state index contributed by atoms with van der Waals surface area (Å²) in [4.78, 5) is 10.2. The Morgan fingerprint density at radius 3 is 1.94 bits per heavy atom. The Morgan fingerprint density at radius 2 is 1.62 bits per heavy atom. The first kappa shape index (κ1) is 15.2. The molecule has 0 unspecified atom stereocenters. The molecule has 3 nitrogen and oxygen atoms in total. The predicted molar refractivity (Wildman–Crippen MR) is 67.7 cm³/mol. The third-order valence-electron chi connectivity index (χ3n) is 1.56. The van der Waals surface area contributed by atoms with Crippen molar-refractivity contribution in [2.24, 2.45) is 0 Å². The third kappa shape index (κ3) is 8.53. The lowest BCUT2D eigenvalue weighted by molar-refractivity contribution is 0.0697. The van der Waals surface area contributed by atoms with Gasteiger partial charge in [0.2, 0.25) is 0 Å². The molecule has 0 aliphatic heterocycles. The summed E-state index contributed by atoms with van der Waals surface area (Å²) in [6, 6.07) is 8.30. The van der Waals surface area contributed by atoms with Crippen LogP contribution in [0.4, 0.5) is 0 Å². The Kier molecular flexibility index (Phi) is 10.2. The van der Waals surface area contributed by atoms with Crippen molar-refractivity contribution in [2.45, 2.75) is 0 Å². The molecule has 0 amide bonds. The number of hydrogen-bond donors (Lipinski definition) is 2. The lowest BCUT2D eigenvalue weighted by atomic mass is 10.2. The fourth-order valence-corrected chi connectivity index (χ4v) is 1.11. The molecule has 0 saturated heterocycles. The van der Waals surface area contributed by atoms with Gasteiger partial charge in [-0.2, -0.15) is 0 Å². The van der Waals surface area contributed by atoms with E-state index < -0.39 is 5.97 Å². The van der Waals surface area contributed by atoms with E-state index in [1.165, 1.54) is 0 Å². The van der Waals surface area contributed by atoms with Crippen molar-refractivity contribution < 1.29 is 9.90 Å². The second kappa shape index (κ2) is 10.7. The number of carboxylic acid groups (broad SMARTS) is 1. The monoisotopic (exact) mass is 263 g/mol. The van der Waals surface area contributed by atoms with E-state index >= 15 is 0 Å². The van der Waals surface area contributed by atoms with E-state index in [1.54, 1.807) is 30.3 Å². The van der Waals surface area contributed by atoms with Crippen molar-refractivity contribution in [2.75, 3.05) is 24.8 Å². The zero-order chi connectivity index (χ0) is 12.2. The minimum Gasteiger partial charge on any atom is -0.478 e. The summed E-state index contributed by atoms with van der Waals surface area (Å²) in [6.07, 6.45) is 0. The fraction of sp³-hybridized carbons (Fsp3) is 0.364. The van der Waals surface area contributed by atoms with Crippen LogP contribution in [0.15, 0.2) is 30.3 Å². The lowest BCUT2D eigenvalue weighted by Gasteiger charge is -1.93. The maximum atomic E-state index is 10.2. The maximum Gasteiger partial charge on any atom is 0.335 e. The largest absolute Gasteiger partial charge is 0.478 e. The quantitative estimate of drug-likeness (QED) is 0.634. The molecule has 16 heavy (non-hydrogen) atoms. The van der Waals surface area contributed by atoms with E-state index in [0.29, 0.717) is 17.3 Å². The number of alkyl halides is 2. The Balaban J connectivity index is 0.000000293. The van der Waals surface area contributed by atoms with Crippen LogP contribution in [0.2, 0.25) is 0 Å². The molecular formula is C11H15Cl2NO2. The molecule has 0 aromatic heterocycles. The molecule has 0 aliphatic rings. The van der Waals surface area contributed by atoms with Gasteiger partial charge in [-0.05, 0) is 12.1 Å². The molecule has 1 aromatic rings. The van der Waals surface area contributed by atoms with Gasteiger partial charge in [0.25, 0.3) is 0 Å². The summed E-state index contributed by atoms with van der Waals surface area (Å²) in [6.45, 7) is 1.71. The summed E-state index contributed by atoms with van der Waals surface area (Å²) in [7, 11) is 0. The Labute approximate surface area is 105 Å². The number of nitrogens with one attached hydrogen (secondary N) is 1. The van der Waals surface area contributed by atoms with Gasteiger partial charge in [0.1, 0.15) is 0 Å². The Bertz CT molecular complexity index is 277. The second-order valence-corrected chi connectivity index (χ2v) is 3.56.